The van der Waals surface area contributed by atoms with Gasteiger partial charge in [0.1, 0.15) is 0 Å². The summed E-state index contributed by atoms with van der Waals surface area (Å²) in [5, 5.41) is 0. The van der Waals surface area contributed by atoms with Crippen LogP contribution in [-0.4, -0.2) is 35.6 Å². The number of rotatable bonds is 16. The molecule has 0 saturated carbocycles. The van der Waals surface area contributed by atoms with E-state index in [1.165, 1.54) is 103 Å². The van der Waals surface area contributed by atoms with Crippen molar-refractivity contribution in [1.82, 2.24) is 9.80 Å². The Morgan fingerprint density at radius 2 is 1.21 bits per heavy atom. The topological polar surface area (TPSA) is 6.48 Å². The Bertz CT molecular complexity index is 290. The molecule has 0 amide bonds. The van der Waals surface area contributed by atoms with Gasteiger partial charge in [-0.3, -0.25) is 4.90 Å². The molecule has 1 fully saturated rings. The summed E-state index contributed by atoms with van der Waals surface area (Å²) < 4.78 is 0. The van der Waals surface area contributed by atoms with E-state index in [2.05, 4.69) is 30.2 Å². The highest BCUT2D eigenvalue weighted by Crippen LogP contribution is 2.16. The number of hydrogen-bond donors (Lipinski definition) is 0. The molecule has 1 unspecified atom stereocenters. The Labute approximate surface area is 152 Å². The van der Waals surface area contributed by atoms with Crippen molar-refractivity contribution in [3.63, 3.8) is 0 Å². The van der Waals surface area contributed by atoms with Crippen LogP contribution in [0.25, 0.3) is 0 Å². The molecule has 0 aromatic rings. The highest BCUT2D eigenvalue weighted by atomic mass is 15.4. The van der Waals surface area contributed by atoms with Crippen molar-refractivity contribution in [3.8, 4) is 0 Å². The first-order chi connectivity index (χ1) is 11.8. The molecule has 1 heterocycles. The lowest BCUT2D eigenvalue weighted by molar-refractivity contribution is 0.189. The van der Waals surface area contributed by atoms with Gasteiger partial charge in [-0.05, 0) is 19.5 Å². The molecule has 1 aliphatic rings. The predicted octanol–water partition coefficient (Wildman–Crippen LogP) is 6.57. The first-order valence-electron chi connectivity index (χ1n) is 10.9. The van der Waals surface area contributed by atoms with Gasteiger partial charge in [-0.25, -0.2) is 0 Å². The third kappa shape index (κ3) is 9.71. The minimum absolute atomic E-state index is 0.560. The number of nitrogens with zero attached hydrogens (tertiary/aromatic N) is 2. The van der Waals surface area contributed by atoms with E-state index >= 15 is 0 Å². The maximum atomic E-state index is 3.90. The van der Waals surface area contributed by atoms with Crippen LogP contribution in [0.3, 0.4) is 0 Å². The molecule has 0 N–H and O–H groups in total. The first-order valence-corrected chi connectivity index (χ1v) is 10.9. The minimum atomic E-state index is 0.560. The van der Waals surface area contributed by atoms with E-state index in [1.54, 1.807) is 0 Å². The Kier molecular flexibility index (Phi) is 13.3. The molecule has 142 valence electrons. The molecule has 2 heteroatoms. The smallest absolute Gasteiger partial charge is 0.0787 e. The molecule has 1 rings (SSSR count). The lowest BCUT2D eigenvalue weighted by Gasteiger charge is -2.25. The third-order valence-corrected chi connectivity index (χ3v) is 5.69. The molecule has 1 saturated heterocycles. The summed E-state index contributed by atoms with van der Waals surface area (Å²) in [6.07, 6.45) is 22.7. The van der Waals surface area contributed by atoms with Crippen molar-refractivity contribution in [2.45, 2.75) is 110 Å². The van der Waals surface area contributed by atoms with Crippen LogP contribution in [0.4, 0.5) is 0 Å². The summed E-state index contributed by atoms with van der Waals surface area (Å²) in [4.78, 5) is 4.95. The van der Waals surface area contributed by atoms with Crippen molar-refractivity contribution in [3.05, 3.63) is 12.8 Å². The normalized spacial score (nSPS) is 18.4. The Morgan fingerprint density at radius 1 is 0.750 bits per heavy atom. The van der Waals surface area contributed by atoms with Crippen molar-refractivity contribution >= 4 is 0 Å². The second kappa shape index (κ2) is 14.8. The highest BCUT2D eigenvalue weighted by molar-refractivity contribution is 4.84. The molecule has 0 radical (unpaired) electrons. The zero-order valence-electron chi connectivity index (χ0n) is 16.8. The van der Waals surface area contributed by atoms with Gasteiger partial charge in [0, 0.05) is 19.6 Å². The lowest BCUT2D eigenvalue weighted by atomic mass is 10.0. The number of unbranched alkanes of at least 4 members (excludes halogenated alkanes) is 13. The highest BCUT2D eigenvalue weighted by Gasteiger charge is 2.24. The van der Waals surface area contributed by atoms with Gasteiger partial charge in [0.15, 0.2) is 0 Å². The molecule has 0 aromatic carbocycles. The van der Waals surface area contributed by atoms with Gasteiger partial charge in [0.25, 0.3) is 0 Å². The molecule has 1 aliphatic heterocycles. The molecule has 24 heavy (non-hydrogen) atoms. The van der Waals surface area contributed by atoms with Crippen LogP contribution >= 0.6 is 0 Å². The quantitative estimate of drug-likeness (QED) is 0.294. The lowest BCUT2D eigenvalue weighted by Crippen LogP contribution is -2.33. The van der Waals surface area contributed by atoms with Crippen LogP contribution in [0.2, 0.25) is 0 Å². The predicted molar refractivity (Wildman–Crippen MR) is 108 cm³/mol. The van der Waals surface area contributed by atoms with Gasteiger partial charge in [-0.15, -0.1) is 0 Å². The molecule has 0 spiro atoms. The zero-order chi connectivity index (χ0) is 17.5. The van der Waals surface area contributed by atoms with E-state index in [-0.39, 0.29) is 0 Å². The molecule has 0 bridgehead atoms. The average molecular weight is 337 g/mol. The Hall–Kier alpha value is -0.500. The minimum Gasteiger partial charge on any atom is -0.361 e. The van der Waals surface area contributed by atoms with E-state index in [0.717, 1.165) is 6.54 Å². The van der Waals surface area contributed by atoms with Gasteiger partial charge in [-0.2, -0.15) is 0 Å². The van der Waals surface area contributed by atoms with Gasteiger partial charge in [0.2, 0.25) is 0 Å². The van der Waals surface area contributed by atoms with E-state index in [4.69, 9.17) is 0 Å². The monoisotopic (exact) mass is 336 g/mol. The van der Waals surface area contributed by atoms with Crippen LogP contribution < -0.4 is 0 Å². The Morgan fingerprint density at radius 3 is 1.62 bits per heavy atom. The Balaban J connectivity index is 1.77. The second-order valence-electron chi connectivity index (χ2n) is 7.68. The fraction of sp³-hybridized carbons (Fsp3) is 0.909. The fourth-order valence-electron chi connectivity index (χ4n) is 3.88. The van der Waals surface area contributed by atoms with Crippen LogP contribution in [0.1, 0.15) is 104 Å². The fourth-order valence-corrected chi connectivity index (χ4v) is 3.88. The van der Waals surface area contributed by atoms with Crippen molar-refractivity contribution in [2.24, 2.45) is 0 Å². The van der Waals surface area contributed by atoms with E-state index in [0.29, 0.717) is 6.17 Å². The molecular weight excluding hydrogens is 292 g/mol. The standard InChI is InChI=1S/C22H44N2/c1-4-6-7-8-9-10-11-12-13-14-15-16-17-18-19-24-21-20-23(5-2)22(24)3/h5,22H,2,4,6-21H2,1,3H3. The van der Waals surface area contributed by atoms with Crippen molar-refractivity contribution in [1.29, 1.82) is 0 Å². The van der Waals surface area contributed by atoms with Crippen LogP contribution in [0.15, 0.2) is 12.8 Å². The van der Waals surface area contributed by atoms with Gasteiger partial charge in [-0.1, -0.05) is 97.0 Å². The summed E-state index contributed by atoms with van der Waals surface area (Å²) in [6, 6.07) is 0. The second-order valence-corrected chi connectivity index (χ2v) is 7.68. The molecule has 2 nitrogen and oxygen atoms in total. The van der Waals surface area contributed by atoms with Crippen LogP contribution in [0.5, 0.6) is 0 Å². The molecule has 1 atom stereocenters. The largest absolute Gasteiger partial charge is 0.361 e. The van der Waals surface area contributed by atoms with E-state index < -0.39 is 0 Å². The maximum absolute atomic E-state index is 3.90. The van der Waals surface area contributed by atoms with E-state index in [9.17, 15) is 0 Å². The van der Waals surface area contributed by atoms with Crippen LogP contribution in [0, 0.1) is 0 Å². The maximum Gasteiger partial charge on any atom is 0.0787 e. The average Bonchev–Trinajstić information content (AvgIpc) is 2.95. The summed E-state index contributed by atoms with van der Waals surface area (Å²) in [5.41, 5.74) is 0. The summed E-state index contributed by atoms with van der Waals surface area (Å²) >= 11 is 0. The molecule has 0 aromatic heterocycles. The third-order valence-electron chi connectivity index (χ3n) is 5.69. The molecule has 0 aliphatic carbocycles. The summed E-state index contributed by atoms with van der Waals surface area (Å²) in [7, 11) is 0. The first kappa shape index (κ1) is 21.5. The van der Waals surface area contributed by atoms with Gasteiger partial charge < -0.3 is 4.90 Å². The van der Waals surface area contributed by atoms with Crippen molar-refractivity contribution < 1.29 is 0 Å². The van der Waals surface area contributed by atoms with Gasteiger partial charge in [0.05, 0.1) is 6.17 Å². The van der Waals surface area contributed by atoms with Crippen LogP contribution in [-0.2, 0) is 0 Å². The summed E-state index contributed by atoms with van der Waals surface area (Å²) in [6.45, 7) is 12.1. The number of hydrogen-bond acceptors (Lipinski definition) is 2. The van der Waals surface area contributed by atoms with Gasteiger partial charge >= 0.3 is 0 Å². The molecular formula is C22H44N2. The SMILES string of the molecule is C=CN1CCN(CCCCCCCCCCCCCCCC)C1C. The zero-order valence-corrected chi connectivity index (χ0v) is 16.8. The van der Waals surface area contributed by atoms with E-state index in [1.807, 2.05) is 6.20 Å². The summed E-state index contributed by atoms with van der Waals surface area (Å²) in [5.74, 6) is 0. The van der Waals surface area contributed by atoms with Crippen molar-refractivity contribution in [2.75, 3.05) is 19.6 Å².